The molecule has 3 N–H and O–H groups in total. The highest BCUT2D eigenvalue weighted by molar-refractivity contribution is 7.99. The van der Waals surface area contributed by atoms with Crippen molar-refractivity contribution in [3.05, 3.63) is 47.7 Å². The first-order valence-electron chi connectivity index (χ1n) is 8.17. The minimum Gasteiger partial charge on any atom is -0.455 e. The number of aromatic nitrogens is 4. The molecule has 0 spiro atoms. The minimum absolute atomic E-state index is 0.453. The lowest BCUT2D eigenvalue weighted by Gasteiger charge is -2.04. The van der Waals surface area contributed by atoms with Crippen LogP contribution in [0.1, 0.15) is 24.4 Å². The number of nitrogens with two attached hydrogens (primary N) is 1. The highest BCUT2D eigenvalue weighted by Crippen LogP contribution is 2.23. The van der Waals surface area contributed by atoms with Gasteiger partial charge in [0.1, 0.15) is 12.3 Å². The van der Waals surface area contributed by atoms with Crippen LogP contribution < -0.4 is 5.32 Å². The number of benzene rings is 1. The zero-order valence-electron chi connectivity index (χ0n) is 14.3. The smallest absolute Gasteiger partial charge is 0.209 e. The number of aliphatic hydroxyl groups excluding tert-OH is 1. The van der Waals surface area contributed by atoms with Gasteiger partial charge in [-0.05, 0) is 35.0 Å². The van der Waals surface area contributed by atoms with E-state index < -0.39 is 6.10 Å². The van der Waals surface area contributed by atoms with E-state index in [-0.39, 0.29) is 0 Å². The predicted molar refractivity (Wildman–Crippen MR) is 94.8 cm³/mol. The van der Waals surface area contributed by atoms with Crippen molar-refractivity contribution in [2.75, 3.05) is 12.3 Å². The van der Waals surface area contributed by atoms with Crippen LogP contribution in [-0.2, 0) is 13.6 Å². The Labute approximate surface area is 150 Å². The number of aliphatic hydroxyl groups is 1. The lowest BCUT2D eigenvalue weighted by Crippen LogP contribution is -2.83. The van der Waals surface area contributed by atoms with Gasteiger partial charge in [0.2, 0.25) is 5.16 Å². The highest BCUT2D eigenvalue weighted by Gasteiger charge is 2.08. The maximum absolute atomic E-state index is 9.56. The summed E-state index contributed by atoms with van der Waals surface area (Å²) in [5.74, 6) is 2.72. The SMILES string of the molecule is C[C@@H](O)c1ccc(-c2ccc(C[NH2+]CCSc3nnnn3C)o2)cc1. The van der Waals surface area contributed by atoms with Crippen molar-refractivity contribution in [1.82, 2.24) is 20.2 Å². The summed E-state index contributed by atoms with van der Waals surface area (Å²) >= 11 is 1.64. The quantitative estimate of drug-likeness (QED) is 0.466. The van der Waals surface area contributed by atoms with E-state index in [1.54, 1.807) is 23.4 Å². The van der Waals surface area contributed by atoms with Crippen molar-refractivity contribution in [1.29, 1.82) is 0 Å². The van der Waals surface area contributed by atoms with Gasteiger partial charge in [-0.1, -0.05) is 36.0 Å². The van der Waals surface area contributed by atoms with Crippen molar-refractivity contribution < 1.29 is 14.8 Å². The first-order chi connectivity index (χ1) is 12.1. The lowest BCUT2D eigenvalue weighted by molar-refractivity contribution is -0.668. The molecule has 7 nitrogen and oxygen atoms in total. The number of tetrazole rings is 1. The normalized spacial score (nSPS) is 12.4. The molecule has 3 rings (SSSR count). The first kappa shape index (κ1) is 17.7. The summed E-state index contributed by atoms with van der Waals surface area (Å²) in [6.07, 6.45) is -0.453. The molecule has 0 aliphatic heterocycles. The van der Waals surface area contributed by atoms with Gasteiger partial charge in [-0.15, -0.1) is 5.10 Å². The zero-order valence-corrected chi connectivity index (χ0v) is 15.1. The fourth-order valence-electron chi connectivity index (χ4n) is 2.39. The third-order valence-electron chi connectivity index (χ3n) is 3.82. The summed E-state index contributed by atoms with van der Waals surface area (Å²) in [6, 6.07) is 11.8. The molecule has 0 aliphatic carbocycles. The van der Waals surface area contributed by atoms with Crippen LogP contribution in [0, 0.1) is 0 Å². The van der Waals surface area contributed by atoms with Crippen LogP contribution in [0.4, 0.5) is 0 Å². The van der Waals surface area contributed by atoms with Gasteiger partial charge in [-0.2, -0.15) is 0 Å². The molecule has 1 aromatic carbocycles. The highest BCUT2D eigenvalue weighted by atomic mass is 32.2. The predicted octanol–water partition coefficient (Wildman–Crippen LogP) is 1.38. The molecule has 132 valence electrons. The molecule has 0 amide bonds. The Bertz CT molecular complexity index is 797. The van der Waals surface area contributed by atoms with E-state index in [0.717, 1.165) is 46.6 Å². The average Bonchev–Trinajstić information content (AvgIpc) is 3.24. The molecule has 0 aliphatic rings. The summed E-state index contributed by atoms with van der Waals surface area (Å²) < 4.78 is 7.58. The summed E-state index contributed by atoms with van der Waals surface area (Å²) in [4.78, 5) is 0. The van der Waals surface area contributed by atoms with Crippen LogP contribution >= 0.6 is 11.8 Å². The summed E-state index contributed by atoms with van der Waals surface area (Å²) in [7, 11) is 1.84. The Hall–Kier alpha value is -2.16. The van der Waals surface area contributed by atoms with Gasteiger partial charge in [0.05, 0.1) is 18.4 Å². The monoisotopic (exact) mass is 360 g/mol. The molecule has 2 heterocycles. The second kappa shape index (κ2) is 8.28. The molecule has 2 aromatic heterocycles. The molecule has 0 bridgehead atoms. The van der Waals surface area contributed by atoms with Crippen LogP contribution in [-0.4, -0.2) is 37.6 Å². The standard InChI is InChI=1S/C17H21N5O2S/c1-12(23)13-3-5-14(6-4-13)16-8-7-15(24-16)11-18-9-10-25-17-19-20-21-22(17)2/h3-8,12,18,23H,9-11H2,1-2H3/p+1/t12-/m1/s1. The second-order valence-corrected chi connectivity index (χ2v) is 6.84. The van der Waals surface area contributed by atoms with E-state index in [9.17, 15) is 5.11 Å². The fraction of sp³-hybridized carbons (Fsp3) is 0.353. The lowest BCUT2D eigenvalue weighted by atomic mass is 10.1. The molecule has 8 heteroatoms. The topological polar surface area (TPSA) is 93.6 Å². The van der Waals surface area contributed by atoms with Crippen molar-refractivity contribution in [2.24, 2.45) is 7.05 Å². The van der Waals surface area contributed by atoms with Crippen molar-refractivity contribution >= 4 is 11.8 Å². The number of hydrogen-bond donors (Lipinski definition) is 2. The van der Waals surface area contributed by atoms with E-state index in [0.29, 0.717) is 0 Å². The summed E-state index contributed by atoms with van der Waals surface area (Å²) in [5.41, 5.74) is 1.92. The zero-order chi connectivity index (χ0) is 17.6. The Morgan fingerprint density at radius 3 is 2.72 bits per heavy atom. The number of thioether (sulfide) groups is 1. The van der Waals surface area contributed by atoms with Crippen molar-refractivity contribution in [3.63, 3.8) is 0 Å². The van der Waals surface area contributed by atoms with Crippen LogP contribution in [0.5, 0.6) is 0 Å². The minimum atomic E-state index is -0.453. The van der Waals surface area contributed by atoms with Gasteiger partial charge in [0.15, 0.2) is 5.76 Å². The molecule has 1 atom stereocenters. The van der Waals surface area contributed by atoms with Crippen LogP contribution in [0.25, 0.3) is 11.3 Å². The second-order valence-electron chi connectivity index (χ2n) is 5.78. The number of rotatable bonds is 8. The molecule has 0 saturated heterocycles. The van der Waals surface area contributed by atoms with E-state index in [1.165, 1.54) is 0 Å². The molecule has 0 radical (unpaired) electrons. The number of quaternary nitrogens is 1. The molecule has 3 aromatic rings. The fourth-order valence-corrected chi connectivity index (χ4v) is 3.17. The maximum atomic E-state index is 9.56. The number of furan rings is 1. The van der Waals surface area contributed by atoms with E-state index >= 15 is 0 Å². The molecular formula is C17H22N5O2S+. The van der Waals surface area contributed by atoms with Gasteiger partial charge in [-0.3, -0.25) is 0 Å². The van der Waals surface area contributed by atoms with Crippen molar-refractivity contribution in [3.8, 4) is 11.3 Å². The Kier molecular flexibility index (Phi) is 5.85. The van der Waals surface area contributed by atoms with Crippen molar-refractivity contribution in [2.45, 2.75) is 24.7 Å². The van der Waals surface area contributed by atoms with Gasteiger partial charge in [0, 0.05) is 12.6 Å². The first-order valence-corrected chi connectivity index (χ1v) is 9.16. The van der Waals surface area contributed by atoms with Crippen LogP contribution in [0.2, 0.25) is 0 Å². The van der Waals surface area contributed by atoms with Crippen LogP contribution in [0.15, 0.2) is 46.0 Å². The number of hydrogen-bond acceptors (Lipinski definition) is 6. The van der Waals surface area contributed by atoms with Crippen LogP contribution in [0.3, 0.4) is 0 Å². The molecular weight excluding hydrogens is 338 g/mol. The number of aryl methyl sites for hydroxylation is 1. The average molecular weight is 360 g/mol. The third kappa shape index (κ3) is 4.68. The van der Waals surface area contributed by atoms with Gasteiger partial charge >= 0.3 is 0 Å². The molecule has 0 saturated carbocycles. The summed E-state index contributed by atoms with van der Waals surface area (Å²) in [6.45, 7) is 3.51. The maximum Gasteiger partial charge on any atom is 0.209 e. The van der Waals surface area contributed by atoms with E-state index in [1.807, 2.05) is 43.4 Å². The largest absolute Gasteiger partial charge is 0.455 e. The Morgan fingerprint density at radius 1 is 1.24 bits per heavy atom. The van der Waals surface area contributed by atoms with Gasteiger partial charge in [0.25, 0.3) is 0 Å². The Balaban J connectivity index is 1.46. The van der Waals surface area contributed by atoms with E-state index in [4.69, 9.17) is 4.42 Å². The molecule has 25 heavy (non-hydrogen) atoms. The van der Waals surface area contributed by atoms with Gasteiger partial charge in [-0.25, -0.2) is 4.68 Å². The summed E-state index contributed by atoms with van der Waals surface area (Å²) in [5, 5.41) is 24.0. The number of nitrogens with zero attached hydrogens (tertiary/aromatic N) is 4. The van der Waals surface area contributed by atoms with E-state index in [2.05, 4.69) is 20.8 Å². The van der Waals surface area contributed by atoms with Gasteiger partial charge < -0.3 is 14.8 Å². The molecule has 0 fully saturated rings. The third-order valence-corrected chi connectivity index (χ3v) is 4.86. The Morgan fingerprint density at radius 2 is 2.04 bits per heavy atom. The molecule has 0 unspecified atom stereocenters.